The highest BCUT2D eigenvalue weighted by Gasteiger charge is 2.31. The summed E-state index contributed by atoms with van der Waals surface area (Å²) < 4.78 is 13.4. The van der Waals surface area contributed by atoms with E-state index in [1.165, 1.54) is 17.7 Å². The lowest BCUT2D eigenvalue weighted by Gasteiger charge is -2.30. The van der Waals surface area contributed by atoms with Crippen molar-refractivity contribution < 1.29 is 29.3 Å². The number of likely N-dealkylation sites (N-methyl/N-ethyl adjacent to an activating group) is 1. The molecule has 0 spiro atoms. The predicted octanol–water partition coefficient (Wildman–Crippen LogP) is 4.17. The van der Waals surface area contributed by atoms with Crippen LogP contribution < -0.4 is 0 Å². The Bertz CT molecular complexity index is 1020. The molecule has 0 saturated heterocycles. The molecule has 0 amide bonds. The van der Waals surface area contributed by atoms with Gasteiger partial charge in [-0.2, -0.15) is 0 Å². The van der Waals surface area contributed by atoms with Gasteiger partial charge in [0.25, 0.3) is 0 Å². The van der Waals surface area contributed by atoms with Crippen LogP contribution in [0.15, 0.2) is 84.9 Å². The van der Waals surface area contributed by atoms with E-state index in [0.717, 1.165) is 37.1 Å². The fourth-order valence-electron chi connectivity index (χ4n) is 3.58. The largest absolute Gasteiger partial charge is 0.473 e. The van der Waals surface area contributed by atoms with E-state index < -0.39 is 17.5 Å². The molecule has 3 rings (SSSR count). The number of aliphatic hydroxyl groups is 1. The summed E-state index contributed by atoms with van der Waals surface area (Å²) in [5.41, 5.74) is 1.79. The van der Waals surface area contributed by atoms with Crippen LogP contribution in [0.5, 0.6) is 0 Å². The highest BCUT2D eigenvalue weighted by Crippen LogP contribution is 2.34. The monoisotopic (exact) mass is 467 g/mol. The molecule has 3 N–H and O–H groups in total. The fourth-order valence-corrected chi connectivity index (χ4v) is 3.58. The summed E-state index contributed by atoms with van der Waals surface area (Å²) in [7, 11) is 2.11. The maximum absolute atomic E-state index is 13.4. The molecule has 3 aromatic carbocycles. The van der Waals surface area contributed by atoms with Crippen LogP contribution in [0.3, 0.4) is 0 Å². The molecule has 0 aliphatic rings. The first-order valence-electron chi connectivity index (χ1n) is 10.9. The number of halogens is 1. The maximum Gasteiger partial charge on any atom is 0.414 e. The minimum atomic E-state index is -1.82. The van der Waals surface area contributed by atoms with Gasteiger partial charge in [-0.25, -0.2) is 14.0 Å². The Labute approximate surface area is 198 Å². The molecule has 0 aliphatic heterocycles. The van der Waals surface area contributed by atoms with Gasteiger partial charge in [-0.3, -0.25) is 0 Å². The third kappa shape index (κ3) is 8.42. The normalized spacial score (nSPS) is 12.4. The summed E-state index contributed by atoms with van der Waals surface area (Å²) >= 11 is 0. The van der Waals surface area contributed by atoms with Crippen LogP contribution in [0.25, 0.3) is 0 Å². The van der Waals surface area contributed by atoms with Gasteiger partial charge in [-0.05, 0) is 61.7 Å². The second kappa shape index (κ2) is 13.2. The quantitative estimate of drug-likeness (QED) is 0.409. The summed E-state index contributed by atoms with van der Waals surface area (Å²) in [6.07, 6.45) is 2.44. The van der Waals surface area contributed by atoms with Crippen LogP contribution in [0.4, 0.5) is 4.39 Å². The first kappa shape index (κ1) is 26.7. The molecule has 1 atom stereocenters. The van der Waals surface area contributed by atoms with Crippen LogP contribution >= 0.6 is 0 Å². The molecular formula is C27H30FNO5. The summed E-state index contributed by atoms with van der Waals surface area (Å²) in [5, 5.41) is 26.3. The zero-order valence-electron chi connectivity index (χ0n) is 19.1. The van der Waals surface area contributed by atoms with Crippen LogP contribution in [0.1, 0.15) is 29.5 Å². The van der Waals surface area contributed by atoms with E-state index in [-0.39, 0.29) is 5.82 Å². The van der Waals surface area contributed by atoms with E-state index in [1.807, 2.05) is 36.4 Å². The number of benzene rings is 3. The second-order valence-electron chi connectivity index (χ2n) is 7.99. The lowest BCUT2D eigenvalue weighted by atomic mass is 9.82. The Morgan fingerprint density at radius 2 is 1.29 bits per heavy atom. The first-order chi connectivity index (χ1) is 16.2. The van der Waals surface area contributed by atoms with E-state index in [4.69, 9.17) is 19.8 Å². The van der Waals surface area contributed by atoms with Crippen molar-refractivity contribution >= 4 is 11.9 Å². The fraction of sp³-hybridized carbons (Fsp3) is 0.259. The minimum Gasteiger partial charge on any atom is -0.473 e. The van der Waals surface area contributed by atoms with Gasteiger partial charge < -0.3 is 20.2 Å². The highest BCUT2D eigenvalue weighted by atomic mass is 19.1. The standard InChI is InChI=1S/C25H28FNO.C2H2O4/c1-27(20-17-21-9-4-2-5-10-21)19-8-18-25(28,22-11-6-3-7-12-22)23-13-15-24(26)16-14-23;3-1(4)2(5)6/h2-7,9-16,28H,8,17-20H2,1H3;(H,3,4)(H,5,6). The van der Waals surface area contributed by atoms with Gasteiger partial charge in [0, 0.05) is 6.54 Å². The summed E-state index contributed by atoms with van der Waals surface area (Å²) in [6.45, 7) is 1.87. The Morgan fingerprint density at radius 3 is 1.82 bits per heavy atom. The lowest BCUT2D eigenvalue weighted by molar-refractivity contribution is -0.159. The molecule has 0 radical (unpaired) electrons. The van der Waals surface area contributed by atoms with Crippen LogP contribution in [-0.4, -0.2) is 52.3 Å². The van der Waals surface area contributed by atoms with E-state index in [0.29, 0.717) is 6.42 Å². The van der Waals surface area contributed by atoms with Gasteiger partial charge in [-0.15, -0.1) is 0 Å². The number of carbonyl (C=O) groups is 2. The predicted molar refractivity (Wildman–Crippen MR) is 128 cm³/mol. The SMILES string of the molecule is CN(CCCC(O)(c1ccccc1)c1ccc(F)cc1)CCc1ccccc1.O=C(O)C(=O)O. The molecule has 180 valence electrons. The third-order valence-electron chi connectivity index (χ3n) is 5.46. The van der Waals surface area contributed by atoms with Crippen LogP contribution in [0, 0.1) is 5.82 Å². The molecule has 0 heterocycles. The molecule has 0 bridgehead atoms. The Balaban J connectivity index is 0.000000604. The summed E-state index contributed by atoms with van der Waals surface area (Å²) in [6, 6.07) is 26.3. The molecule has 1 unspecified atom stereocenters. The number of hydrogen-bond acceptors (Lipinski definition) is 4. The number of carboxylic acid groups (broad SMARTS) is 2. The van der Waals surface area contributed by atoms with Crippen molar-refractivity contribution in [3.63, 3.8) is 0 Å². The average molecular weight is 468 g/mol. The van der Waals surface area contributed by atoms with E-state index in [1.54, 1.807) is 12.1 Å². The van der Waals surface area contributed by atoms with Gasteiger partial charge in [0.2, 0.25) is 0 Å². The summed E-state index contributed by atoms with van der Waals surface area (Å²) in [5.74, 6) is -3.94. The van der Waals surface area contributed by atoms with Crippen molar-refractivity contribution in [1.82, 2.24) is 4.90 Å². The molecular weight excluding hydrogens is 437 g/mol. The van der Waals surface area contributed by atoms with E-state index in [2.05, 4.69) is 36.2 Å². The molecule has 0 aromatic heterocycles. The Hall–Kier alpha value is -3.55. The number of aliphatic carboxylic acids is 2. The third-order valence-corrected chi connectivity index (χ3v) is 5.46. The number of nitrogens with zero attached hydrogens (tertiary/aromatic N) is 1. The van der Waals surface area contributed by atoms with E-state index >= 15 is 0 Å². The summed E-state index contributed by atoms with van der Waals surface area (Å²) in [4.78, 5) is 20.5. The molecule has 6 nitrogen and oxygen atoms in total. The van der Waals surface area contributed by atoms with Gasteiger partial charge in [-0.1, -0.05) is 72.8 Å². The lowest BCUT2D eigenvalue weighted by Crippen LogP contribution is -2.30. The zero-order valence-corrected chi connectivity index (χ0v) is 19.1. The van der Waals surface area contributed by atoms with Gasteiger partial charge in [0.1, 0.15) is 11.4 Å². The zero-order chi connectivity index (χ0) is 25.0. The Morgan fingerprint density at radius 1 is 0.794 bits per heavy atom. The molecule has 0 fully saturated rings. The van der Waals surface area contributed by atoms with Crippen LogP contribution in [0.2, 0.25) is 0 Å². The number of rotatable bonds is 9. The van der Waals surface area contributed by atoms with Crippen molar-refractivity contribution in [2.45, 2.75) is 24.9 Å². The second-order valence-corrected chi connectivity index (χ2v) is 7.99. The van der Waals surface area contributed by atoms with Crippen molar-refractivity contribution in [3.8, 4) is 0 Å². The van der Waals surface area contributed by atoms with Gasteiger partial charge in [0.15, 0.2) is 0 Å². The van der Waals surface area contributed by atoms with Gasteiger partial charge >= 0.3 is 11.9 Å². The topological polar surface area (TPSA) is 98.1 Å². The number of hydrogen-bond donors (Lipinski definition) is 3. The highest BCUT2D eigenvalue weighted by molar-refractivity contribution is 6.27. The van der Waals surface area contributed by atoms with Crippen molar-refractivity contribution in [3.05, 3.63) is 107 Å². The molecule has 34 heavy (non-hydrogen) atoms. The molecule has 0 saturated carbocycles. The smallest absolute Gasteiger partial charge is 0.414 e. The molecule has 3 aromatic rings. The van der Waals surface area contributed by atoms with Crippen molar-refractivity contribution in [1.29, 1.82) is 0 Å². The van der Waals surface area contributed by atoms with Gasteiger partial charge in [0.05, 0.1) is 0 Å². The van der Waals surface area contributed by atoms with E-state index in [9.17, 15) is 9.50 Å². The first-order valence-corrected chi connectivity index (χ1v) is 10.9. The van der Waals surface area contributed by atoms with Crippen molar-refractivity contribution in [2.75, 3.05) is 20.1 Å². The number of carboxylic acids is 2. The minimum absolute atomic E-state index is 0.292. The Kier molecular flexibility index (Phi) is 10.4. The average Bonchev–Trinajstić information content (AvgIpc) is 2.84. The molecule has 0 aliphatic carbocycles. The van der Waals surface area contributed by atoms with Crippen molar-refractivity contribution in [2.24, 2.45) is 0 Å². The molecule has 7 heteroatoms. The maximum atomic E-state index is 13.4. The van der Waals surface area contributed by atoms with Crippen LogP contribution in [-0.2, 0) is 21.6 Å².